The number of nitrogens with one attached hydrogen (secondary N) is 2. The van der Waals surface area contributed by atoms with Gasteiger partial charge in [0.25, 0.3) is 6.02 Å². The third-order valence-electron chi connectivity index (χ3n) is 6.56. The molecule has 2 aliphatic rings. The molecule has 12 heteroatoms. The SMILES string of the molecule is C[C@@]1(c2cc(NC(=O)N3CCC(C(F)F)CC3)ccc2F)C[C@@H](C(F)(F)F)OC(Nc2ccccc2)=N1. The zero-order valence-corrected chi connectivity index (χ0v) is 19.9. The van der Waals surface area contributed by atoms with Crippen LogP contribution in [-0.4, -0.2) is 48.7 Å². The largest absolute Gasteiger partial charge is 0.452 e. The van der Waals surface area contributed by atoms with E-state index >= 15 is 0 Å². The van der Waals surface area contributed by atoms with Crippen LogP contribution in [0.5, 0.6) is 0 Å². The number of benzene rings is 2. The average molecular weight is 528 g/mol. The van der Waals surface area contributed by atoms with Crippen LogP contribution in [0.25, 0.3) is 0 Å². The van der Waals surface area contributed by atoms with Gasteiger partial charge in [-0.15, -0.1) is 0 Å². The number of hydrogen-bond donors (Lipinski definition) is 2. The first kappa shape index (κ1) is 26.6. The molecule has 0 aliphatic carbocycles. The van der Waals surface area contributed by atoms with Gasteiger partial charge in [0.15, 0.2) is 6.10 Å². The Morgan fingerprint density at radius 3 is 2.41 bits per heavy atom. The third kappa shape index (κ3) is 6.28. The van der Waals surface area contributed by atoms with Gasteiger partial charge in [-0.05, 0) is 50.1 Å². The van der Waals surface area contributed by atoms with Crippen LogP contribution in [0.15, 0.2) is 53.5 Å². The Bertz CT molecular complexity index is 1140. The first-order chi connectivity index (χ1) is 17.4. The number of aliphatic imine (C=N–C) groups is 1. The predicted molar refractivity (Wildman–Crippen MR) is 126 cm³/mol. The molecule has 1 saturated heterocycles. The Morgan fingerprint density at radius 1 is 1.11 bits per heavy atom. The van der Waals surface area contributed by atoms with E-state index in [2.05, 4.69) is 15.6 Å². The lowest BCUT2D eigenvalue weighted by molar-refractivity contribution is -0.207. The van der Waals surface area contributed by atoms with E-state index in [9.17, 15) is 31.1 Å². The molecule has 0 bridgehead atoms. The van der Waals surface area contributed by atoms with Gasteiger partial charge in [0.05, 0.1) is 5.54 Å². The molecule has 0 spiro atoms. The van der Waals surface area contributed by atoms with Crippen molar-refractivity contribution in [2.75, 3.05) is 23.7 Å². The van der Waals surface area contributed by atoms with Crippen molar-refractivity contribution >= 4 is 23.4 Å². The summed E-state index contributed by atoms with van der Waals surface area (Å²) in [5, 5.41) is 5.29. The first-order valence-corrected chi connectivity index (χ1v) is 11.7. The quantitative estimate of drug-likeness (QED) is 0.454. The number of rotatable bonds is 4. The lowest BCUT2D eigenvalue weighted by Crippen LogP contribution is -2.45. The van der Waals surface area contributed by atoms with E-state index in [4.69, 9.17) is 4.74 Å². The molecular formula is C25H26F6N4O2. The number of amidine groups is 1. The number of carbonyl (C=O) groups excluding carboxylic acids is 1. The fraction of sp³-hybridized carbons (Fsp3) is 0.440. The van der Waals surface area contributed by atoms with Crippen LogP contribution in [-0.2, 0) is 10.3 Å². The van der Waals surface area contributed by atoms with Gasteiger partial charge in [-0.2, -0.15) is 13.2 Å². The molecule has 4 rings (SSSR count). The number of halogens is 6. The van der Waals surface area contributed by atoms with Gasteiger partial charge in [0.1, 0.15) is 5.82 Å². The Hall–Kier alpha value is -3.44. The minimum Gasteiger partial charge on any atom is -0.452 e. The Balaban J connectivity index is 1.58. The number of urea groups is 1. The molecule has 2 aliphatic heterocycles. The van der Waals surface area contributed by atoms with Gasteiger partial charge in [0.2, 0.25) is 6.43 Å². The first-order valence-electron chi connectivity index (χ1n) is 11.7. The molecule has 37 heavy (non-hydrogen) atoms. The van der Waals surface area contributed by atoms with Gasteiger partial charge in [-0.3, -0.25) is 0 Å². The van der Waals surface area contributed by atoms with Gasteiger partial charge < -0.3 is 20.3 Å². The zero-order chi connectivity index (χ0) is 26.8. The highest BCUT2D eigenvalue weighted by Crippen LogP contribution is 2.42. The number of nitrogens with zero attached hydrogens (tertiary/aromatic N) is 2. The van der Waals surface area contributed by atoms with Gasteiger partial charge in [0, 0.05) is 42.4 Å². The van der Waals surface area contributed by atoms with Crippen molar-refractivity contribution in [2.24, 2.45) is 10.9 Å². The van der Waals surface area contributed by atoms with Crippen molar-refractivity contribution in [2.45, 2.75) is 50.4 Å². The second kappa shape index (κ2) is 10.5. The molecule has 0 saturated carbocycles. The summed E-state index contributed by atoms with van der Waals surface area (Å²) in [6.07, 6.45) is -9.83. The second-order valence-corrected chi connectivity index (χ2v) is 9.32. The zero-order valence-electron chi connectivity index (χ0n) is 19.9. The smallest absolute Gasteiger partial charge is 0.425 e. The summed E-state index contributed by atoms with van der Waals surface area (Å²) in [5.74, 6) is -1.57. The van der Waals surface area contributed by atoms with E-state index in [-0.39, 0.29) is 37.2 Å². The summed E-state index contributed by atoms with van der Waals surface area (Å²) in [6, 6.07) is 10.9. The van der Waals surface area contributed by atoms with Crippen LogP contribution in [0, 0.1) is 11.7 Å². The van der Waals surface area contributed by atoms with E-state index < -0.39 is 54.5 Å². The predicted octanol–water partition coefficient (Wildman–Crippen LogP) is 6.37. The van der Waals surface area contributed by atoms with Crippen LogP contribution >= 0.6 is 0 Å². The van der Waals surface area contributed by atoms with Crippen molar-refractivity contribution in [1.29, 1.82) is 0 Å². The summed E-state index contributed by atoms with van der Waals surface area (Å²) in [7, 11) is 0. The lowest BCUT2D eigenvalue weighted by atomic mass is 9.85. The highest BCUT2D eigenvalue weighted by atomic mass is 19.4. The number of hydrogen-bond acceptors (Lipinski definition) is 4. The second-order valence-electron chi connectivity index (χ2n) is 9.32. The van der Waals surface area contributed by atoms with E-state index in [0.717, 1.165) is 6.07 Å². The van der Waals surface area contributed by atoms with Crippen molar-refractivity contribution in [3.8, 4) is 0 Å². The van der Waals surface area contributed by atoms with Gasteiger partial charge in [-0.1, -0.05) is 18.2 Å². The van der Waals surface area contributed by atoms with Crippen LogP contribution < -0.4 is 10.6 Å². The number of ether oxygens (including phenoxy) is 1. The van der Waals surface area contributed by atoms with E-state index in [1.165, 1.54) is 24.0 Å². The maximum atomic E-state index is 15.0. The lowest BCUT2D eigenvalue weighted by Gasteiger charge is -2.37. The summed E-state index contributed by atoms with van der Waals surface area (Å²) >= 11 is 0. The maximum Gasteiger partial charge on any atom is 0.425 e. The van der Waals surface area contributed by atoms with E-state index in [0.29, 0.717) is 5.69 Å². The molecule has 2 N–H and O–H groups in total. The summed E-state index contributed by atoms with van der Waals surface area (Å²) < 4.78 is 87.0. The fourth-order valence-corrected chi connectivity index (χ4v) is 4.46. The van der Waals surface area contributed by atoms with Crippen molar-refractivity contribution in [1.82, 2.24) is 4.90 Å². The number of alkyl halides is 5. The number of para-hydroxylation sites is 1. The van der Waals surface area contributed by atoms with Crippen LogP contribution in [0.4, 0.5) is 42.5 Å². The van der Waals surface area contributed by atoms with Crippen LogP contribution in [0.3, 0.4) is 0 Å². The molecule has 200 valence electrons. The van der Waals surface area contributed by atoms with Crippen molar-refractivity contribution < 1.29 is 35.9 Å². The highest BCUT2D eigenvalue weighted by molar-refractivity contribution is 5.91. The molecule has 0 unspecified atom stereocenters. The van der Waals surface area contributed by atoms with Crippen molar-refractivity contribution in [3.05, 3.63) is 59.9 Å². The third-order valence-corrected chi connectivity index (χ3v) is 6.56. The molecule has 1 fully saturated rings. The number of anilines is 2. The highest BCUT2D eigenvalue weighted by Gasteiger charge is 2.50. The van der Waals surface area contributed by atoms with Gasteiger partial charge >= 0.3 is 12.2 Å². The molecule has 2 heterocycles. The van der Waals surface area contributed by atoms with Crippen LogP contribution in [0.1, 0.15) is 31.7 Å². The monoisotopic (exact) mass is 528 g/mol. The minimum atomic E-state index is -4.74. The average Bonchev–Trinajstić information content (AvgIpc) is 2.85. The molecule has 0 radical (unpaired) electrons. The standard InChI is InChI=1S/C25H26F6N4O2/c1-24(14-20(25(29,30)31)37-22(34-24)32-16-5-3-2-4-6-16)18-13-17(7-8-19(18)26)33-23(36)35-11-9-15(10-12-35)21(27)28/h2-8,13,15,20-21H,9-12,14H2,1H3,(H,32,34)(H,33,36)/t20-,24-/m0/s1. The number of piperidine rings is 1. The summed E-state index contributed by atoms with van der Waals surface area (Å²) in [6.45, 7) is 1.63. The summed E-state index contributed by atoms with van der Waals surface area (Å²) in [5.41, 5.74) is -1.27. The minimum absolute atomic E-state index is 0.135. The molecular weight excluding hydrogens is 502 g/mol. The number of likely N-dealkylation sites (tertiary alicyclic amines) is 1. The molecule has 2 amide bonds. The number of carbonyl (C=O) groups is 1. The molecule has 2 aromatic rings. The fourth-order valence-electron chi connectivity index (χ4n) is 4.46. The van der Waals surface area contributed by atoms with Crippen molar-refractivity contribution in [3.63, 3.8) is 0 Å². The van der Waals surface area contributed by atoms with E-state index in [1.807, 2.05) is 0 Å². The van der Waals surface area contributed by atoms with Crippen LogP contribution in [0.2, 0.25) is 0 Å². The molecule has 0 aromatic heterocycles. The Kier molecular flexibility index (Phi) is 7.56. The molecule has 2 aromatic carbocycles. The number of amides is 2. The van der Waals surface area contributed by atoms with E-state index in [1.54, 1.807) is 30.3 Å². The van der Waals surface area contributed by atoms with Gasteiger partial charge in [-0.25, -0.2) is 23.0 Å². The Morgan fingerprint density at radius 2 is 1.78 bits per heavy atom. The topological polar surface area (TPSA) is 66.0 Å². The maximum absolute atomic E-state index is 15.0. The normalized spacial score (nSPS) is 22.9. The Labute approximate surface area is 209 Å². The molecule has 6 nitrogen and oxygen atoms in total. The summed E-state index contributed by atoms with van der Waals surface area (Å²) in [4.78, 5) is 18.3. The molecule has 2 atom stereocenters.